The molecule has 1 fully saturated rings. The summed E-state index contributed by atoms with van der Waals surface area (Å²) in [6.07, 6.45) is 8.37. The minimum Gasteiger partial charge on any atom is -0.353 e. The quantitative estimate of drug-likeness (QED) is 0.794. The Balaban J connectivity index is 0.00000225. The first-order valence-corrected chi connectivity index (χ1v) is 8.35. The van der Waals surface area contributed by atoms with Gasteiger partial charge in [0.25, 0.3) is 0 Å². The van der Waals surface area contributed by atoms with Crippen LogP contribution in [0.5, 0.6) is 0 Å². The number of nitrogens with zero attached hydrogens (tertiary/aromatic N) is 4. The third-order valence-corrected chi connectivity index (χ3v) is 4.36. The predicted octanol–water partition coefficient (Wildman–Crippen LogP) is 1.51. The fourth-order valence-corrected chi connectivity index (χ4v) is 3.04. The Labute approximate surface area is 152 Å². The van der Waals surface area contributed by atoms with Crippen LogP contribution in [0, 0.1) is 5.92 Å². The van der Waals surface area contributed by atoms with E-state index in [1.165, 1.54) is 6.42 Å². The molecule has 3 N–H and O–H groups in total. The largest absolute Gasteiger partial charge is 0.353 e. The maximum atomic E-state index is 12.2. The number of nitrogens with one attached hydrogen (secondary N) is 1. The first kappa shape index (κ1) is 19.3. The highest BCUT2D eigenvalue weighted by Gasteiger charge is 2.25. The van der Waals surface area contributed by atoms with Crippen molar-refractivity contribution in [3.05, 3.63) is 24.4 Å². The van der Waals surface area contributed by atoms with E-state index in [9.17, 15) is 4.79 Å². The van der Waals surface area contributed by atoms with Crippen LogP contribution in [-0.4, -0.2) is 38.6 Å². The van der Waals surface area contributed by atoms with Gasteiger partial charge in [0, 0.05) is 31.3 Å². The van der Waals surface area contributed by atoms with Crippen molar-refractivity contribution in [2.75, 3.05) is 6.54 Å². The molecule has 1 aliphatic rings. The molecule has 0 radical (unpaired) electrons. The summed E-state index contributed by atoms with van der Waals surface area (Å²) in [6.45, 7) is 0.620. The number of rotatable bonds is 6. The SMILES string of the molecule is Cl.NCC1CCCCC1NC(=O)CCc1nc(-c2ncccn2)no1. The van der Waals surface area contributed by atoms with Crippen molar-refractivity contribution in [3.63, 3.8) is 0 Å². The molecule has 0 aromatic carbocycles. The average molecular weight is 367 g/mol. The van der Waals surface area contributed by atoms with Crippen molar-refractivity contribution in [2.24, 2.45) is 11.7 Å². The van der Waals surface area contributed by atoms with Gasteiger partial charge in [0.2, 0.25) is 23.4 Å². The van der Waals surface area contributed by atoms with Gasteiger partial charge in [-0.3, -0.25) is 4.79 Å². The third kappa shape index (κ3) is 5.20. The van der Waals surface area contributed by atoms with Crippen molar-refractivity contribution < 1.29 is 9.32 Å². The van der Waals surface area contributed by atoms with Gasteiger partial charge in [-0.05, 0) is 31.4 Å². The first-order chi connectivity index (χ1) is 11.8. The summed E-state index contributed by atoms with van der Waals surface area (Å²) in [4.78, 5) is 24.5. The maximum Gasteiger partial charge on any atom is 0.240 e. The van der Waals surface area contributed by atoms with Crippen LogP contribution in [0.2, 0.25) is 0 Å². The maximum absolute atomic E-state index is 12.2. The zero-order valence-corrected chi connectivity index (χ0v) is 14.7. The topological polar surface area (TPSA) is 120 Å². The summed E-state index contributed by atoms with van der Waals surface area (Å²) in [5.41, 5.74) is 5.80. The molecular weight excluding hydrogens is 344 g/mol. The van der Waals surface area contributed by atoms with Gasteiger partial charge in [-0.1, -0.05) is 18.0 Å². The van der Waals surface area contributed by atoms with E-state index in [0.717, 1.165) is 19.3 Å². The Morgan fingerprint density at radius 3 is 2.76 bits per heavy atom. The highest BCUT2D eigenvalue weighted by Crippen LogP contribution is 2.23. The lowest BCUT2D eigenvalue weighted by Gasteiger charge is -2.31. The highest BCUT2D eigenvalue weighted by molar-refractivity contribution is 5.85. The molecule has 0 spiro atoms. The van der Waals surface area contributed by atoms with Gasteiger partial charge >= 0.3 is 0 Å². The molecule has 0 bridgehead atoms. The molecule has 8 nitrogen and oxygen atoms in total. The van der Waals surface area contributed by atoms with E-state index in [-0.39, 0.29) is 24.4 Å². The van der Waals surface area contributed by atoms with Crippen LogP contribution in [0.15, 0.2) is 23.0 Å². The second kappa shape index (κ2) is 9.43. The van der Waals surface area contributed by atoms with E-state index in [0.29, 0.717) is 42.8 Å². The Kier molecular flexibility index (Phi) is 7.27. The monoisotopic (exact) mass is 366 g/mol. The van der Waals surface area contributed by atoms with Crippen molar-refractivity contribution in [3.8, 4) is 11.6 Å². The van der Waals surface area contributed by atoms with Crippen LogP contribution >= 0.6 is 12.4 Å². The summed E-state index contributed by atoms with van der Waals surface area (Å²) in [7, 11) is 0. The smallest absolute Gasteiger partial charge is 0.240 e. The molecular formula is C16H23ClN6O2. The molecule has 9 heteroatoms. The lowest BCUT2D eigenvalue weighted by Crippen LogP contribution is -2.44. The summed E-state index contributed by atoms with van der Waals surface area (Å²) < 4.78 is 5.16. The van der Waals surface area contributed by atoms with Gasteiger partial charge < -0.3 is 15.6 Å². The van der Waals surface area contributed by atoms with E-state index < -0.39 is 0 Å². The Hall–Kier alpha value is -2.06. The normalized spacial score (nSPS) is 19.9. The molecule has 1 aliphatic carbocycles. The summed E-state index contributed by atoms with van der Waals surface area (Å²) in [5, 5.41) is 6.94. The van der Waals surface area contributed by atoms with Gasteiger partial charge in [-0.15, -0.1) is 12.4 Å². The lowest BCUT2D eigenvalue weighted by atomic mass is 9.84. The molecule has 1 amide bonds. The fourth-order valence-electron chi connectivity index (χ4n) is 3.04. The van der Waals surface area contributed by atoms with Crippen LogP contribution in [0.1, 0.15) is 38.0 Å². The zero-order chi connectivity index (χ0) is 16.8. The number of aromatic nitrogens is 4. The lowest BCUT2D eigenvalue weighted by molar-refractivity contribution is -0.122. The summed E-state index contributed by atoms with van der Waals surface area (Å²) in [6, 6.07) is 1.90. The standard InChI is InChI=1S/C16H22N6O2.ClH/c17-10-11-4-1-2-5-12(11)20-13(23)6-7-14-21-16(22-24-14)15-18-8-3-9-19-15;/h3,8-9,11-12H,1-2,4-7,10,17H2,(H,20,23);1H. The highest BCUT2D eigenvalue weighted by atomic mass is 35.5. The molecule has 3 rings (SSSR count). The molecule has 2 aromatic rings. The zero-order valence-electron chi connectivity index (χ0n) is 13.9. The average Bonchev–Trinajstić information content (AvgIpc) is 3.10. The molecule has 2 atom stereocenters. The van der Waals surface area contributed by atoms with Crippen molar-refractivity contribution in [2.45, 2.75) is 44.6 Å². The van der Waals surface area contributed by atoms with Gasteiger partial charge in [0.1, 0.15) is 0 Å². The molecule has 2 heterocycles. The predicted molar refractivity (Wildman–Crippen MR) is 93.8 cm³/mol. The Morgan fingerprint density at radius 2 is 2.00 bits per heavy atom. The molecule has 0 saturated heterocycles. The van der Waals surface area contributed by atoms with Crippen molar-refractivity contribution >= 4 is 18.3 Å². The molecule has 1 saturated carbocycles. The minimum absolute atomic E-state index is 0. The molecule has 136 valence electrons. The first-order valence-electron chi connectivity index (χ1n) is 8.35. The number of amides is 1. The number of carbonyl (C=O) groups excluding carboxylic acids is 1. The van der Waals surface area contributed by atoms with Crippen LogP contribution < -0.4 is 11.1 Å². The van der Waals surface area contributed by atoms with E-state index in [4.69, 9.17) is 10.3 Å². The molecule has 2 unspecified atom stereocenters. The minimum atomic E-state index is -0.00365. The number of halogens is 1. The second-order valence-electron chi connectivity index (χ2n) is 6.04. The number of hydrogen-bond acceptors (Lipinski definition) is 7. The fraction of sp³-hybridized carbons (Fsp3) is 0.562. The van der Waals surface area contributed by atoms with Gasteiger partial charge in [-0.25, -0.2) is 9.97 Å². The summed E-state index contributed by atoms with van der Waals surface area (Å²) >= 11 is 0. The van der Waals surface area contributed by atoms with Gasteiger partial charge in [-0.2, -0.15) is 4.98 Å². The van der Waals surface area contributed by atoms with Crippen LogP contribution in [0.25, 0.3) is 11.6 Å². The summed E-state index contributed by atoms with van der Waals surface area (Å²) in [5.74, 6) is 1.53. The van der Waals surface area contributed by atoms with Crippen LogP contribution in [0.4, 0.5) is 0 Å². The van der Waals surface area contributed by atoms with Crippen molar-refractivity contribution in [1.29, 1.82) is 0 Å². The van der Waals surface area contributed by atoms with Gasteiger partial charge in [0.05, 0.1) is 0 Å². The number of carbonyl (C=O) groups is 1. The van der Waals surface area contributed by atoms with E-state index in [1.54, 1.807) is 18.5 Å². The Morgan fingerprint density at radius 1 is 1.24 bits per heavy atom. The van der Waals surface area contributed by atoms with Crippen LogP contribution in [-0.2, 0) is 11.2 Å². The number of hydrogen-bond donors (Lipinski definition) is 2. The molecule has 2 aromatic heterocycles. The third-order valence-electron chi connectivity index (χ3n) is 4.36. The number of nitrogens with two attached hydrogens (primary N) is 1. The van der Waals surface area contributed by atoms with E-state index in [1.807, 2.05) is 0 Å². The Bertz CT molecular complexity index is 666. The molecule has 0 aliphatic heterocycles. The van der Waals surface area contributed by atoms with Gasteiger partial charge in [0.15, 0.2) is 0 Å². The number of aryl methyl sites for hydroxylation is 1. The van der Waals surface area contributed by atoms with Crippen LogP contribution in [0.3, 0.4) is 0 Å². The molecule has 25 heavy (non-hydrogen) atoms. The van der Waals surface area contributed by atoms with E-state index >= 15 is 0 Å². The van der Waals surface area contributed by atoms with E-state index in [2.05, 4.69) is 25.4 Å². The second-order valence-corrected chi connectivity index (χ2v) is 6.04. The van der Waals surface area contributed by atoms with Crippen molar-refractivity contribution in [1.82, 2.24) is 25.4 Å².